The maximum atomic E-state index is 12.6. The van der Waals surface area contributed by atoms with E-state index in [9.17, 15) is 9.59 Å². The van der Waals surface area contributed by atoms with Crippen molar-refractivity contribution in [2.24, 2.45) is 5.92 Å². The van der Waals surface area contributed by atoms with Crippen LogP contribution >= 0.6 is 11.3 Å². The third-order valence-corrected chi connectivity index (χ3v) is 4.38. The van der Waals surface area contributed by atoms with Gasteiger partial charge in [0.15, 0.2) is 0 Å². The van der Waals surface area contributed by atoms with Gasteiger partial charge in [-0.2, -0.15) is 0 Å². The fourth-order valence-corrected chi connectivity index (χ4v) is 2.99. The second-order valence-corrected chi connectivity index (χ2v) is 6.25. The predicted molar refractivity (Wildman–Crippen MR) is 88.2 cm³/mol. The summed E-state index contributed by atoms with van der Waals surface area (Å²) >= 11 is 1.41. The molecule has 6 nitrogen and oxygen atoms in total. The Hall–Kier alpha value is -2.15. The van der Waals surface area contributed by atoms with Crippen molar-refractivity contribution in [3.63, 3.8) is 0 Å². The van der Waals surface area contributed by atoms with Crippen LogP contribution in [0.4, 0.5) is 0 Å². The molecule has 2 heterocycles. The van der Waals surface area contributed by atoms with Gasteiger partial charge in [-0.15, -0.1) is 11.3 Å². The van der Waals surface area contributed by atoms with Gasteiger partial charge in [0.05, 0.1) is 24.2 Å². The summed E-state index contributed by atoms with van der Waals surface area (Å²) in [6.07, 6.45) is 6.17. The molecule has 0 bridgehead atoms. The fourth-order valence-electron chi connectivity index (χ4n) is 2.30. The first-order chi connectivity index (χ1) is 11.1. The Balaban J connectivity index is 1.98. The van der Waals surface area contributed by atoms with Crippen molar-refractivity contribution in [3.05, 3.63) is 41.1 Å². The van der Waals surface area contributed by atoms with E-state index < -0.39 is 0 Å². The van der Waals surface area contributed by atoms with Crippen molar-refractivity contribution < 1.29 is 14.3 Å². The van der Waals surface area contributed by atoms with Gasteiger partial charge in [-0.3, -0.25) is 9.59 Å². The van der Waals surface area contributed by atoms with Crippen molar-refractivity contribution in [1.82, 2.24) is 14.5 Å². The second kappa shape index (κ2) is 8.47. The zero-order valence-electron chi connectivity index (χ0n) is 13.3. The number of esters is 1. The van der Waals surface area contributed by atoms with Crippen molar-refractivity contribution >= 4 is 23.2 Å². The molecule has 1 unspecified atom stereocenters. The number of rotatable bonds is 8. The fraction of sp³-hybridized carbons (Fsp3) is 0.438. The van der Waals surface area contributed by atoms with Crippen LogP contribution < -0.4 is 0 Å². The molecule has 0 aliphatic heterocycles. The maximum absolute atomic E-state index is 12.6. The van der Waals surface area contributed by atoms with E-state index in [1.54, 1.807) is 30.4 Å². The molecule has 0 spiro atoms. The van der Waals surface area contributed by atoms with Gasteiger partial charge in [0.1, 0.15) is 0 Å². The summed E-state index contributed by atoms with van der Waals surface area (Å²) in [6, 6.07) is 3.66. The Morgan fingerprint density at radius 2 is 2.30 bits per heavy atom. The van der Waals surface area contributed by atoms with Crippen molar-refractivity contribution in [3.8, 4) is 0 Å². The molecule has 1 atom stereocenters. The van der Waals surface area contributed by atoms with E-state index in [0.29, 0.717) is 18.0 Å². The van der Waals surface area contributed by atoms with Gasteiger partial charge < -0.3 is 14.2 Å². The molecule has 0 aliphatic rings. The Morgan fingerprint density at radius 1 is 1.48 bits per heavy atom. The zero-order chi connectivity index (χ0) is 16.7. The minimum Gasteiger partial charge on any atom is -0.469 e. The number of thiophene rings is 1. The van der Waals surface area contributed by atoms with E-state index in [1.807, 2.05) is 22.2 Å². The zero-order valence-corrected chi connectivity index (χ0v) is 14.2. The molecule has 0 radical (unpaired) electrons. The first kappa shape index (κ1) is 17.2. The van der Waals surface area contributed by atoms with Crippen LogP contribution in [-0.2, 0) is 16.1 Å². The predicted octanol–water partition coefficient (Wildman–Crippen LogP) is 2.29. The number of aryl methyl sites for hydroxylation is 1. The lowest BCUT2D eigenvalue weighted by molar-refractivity contribution is -0.145. The third-order valence-electron chi connectivity index (χ3n) is 3.52. The maximum Gasteiger partial charge on any atom is 0.310 e. The number of methoxy groups -OCH3 is 1. The van der Waals surface area contributed by atoms with Crippen molar-refractivity contribution in [1.29, 1.82) is 0 Å². The molecule has 0 fully saturated rings. The number of amides is 1. The molecule has 23 heavy (non-hydrogen) atoms. The summed E-state index contributed by atoms with van der Waals surface area (Å²) in [6.45, 7) is 3.49. The lowest BCUT2D eigenvalue weighted by Gasteiger charge is -2.24. The summed E-state index contributed by atoms with van der Waals surface area (Å²) in [5, 5.41) is 1.88. The highest BCUT2D eigenvalue weighted by molar-refractivity contribution is 7.12. The molecule has 124 valence electrons. The molecule has 0 aliphatic carbocycles. The summed E-state index contributed by atoms with van der Waals surface area (Å²) in [7, 11) is 1.36. The van der Waals surface area contributed by atoms with E-state index in [4.69, 9.17) is 4.74 Å². The molecular weight excluding hydrogens is 314 g/mol. The number of carbonyl (C=O) groups is 2. The molecule has 0 saturated carbocycles. The Kier molecular flexibility index (Phi) is 6.34. The summed E-state index contributed by atoms with van der Waals surface area (Å²) in [5.74, 6) is -0.692. The molecule has 2 aromatic rings. The van der Waals surface area contributed by atoms with E-state index in [1.165, 1.54) is 18.4 Å². The first-order valence-corrected chi connectivity index (χ1v) is 8.36. The van der Waals surface area contributed by atoms with Crippen molar-refractivity contribution in [2.75, 3.05) is 20.2 Å². The first-order valence-electron chi connectivity index (χ1n) is 7.48. The lowest BCUT2D eigenvalue weighted by Crippen LogP contribution is -2.38. The number of imidazole rings is 1. The molecule has 2 rings (SSSR count). The largest absolute Gasteiger partial charge is 0.469 e. The van der Waals surface area contributed by atoms with Crippen LogP contribution in [0.25, 0.3) is 0 Å². The molecule has 0 aromatic carbocycles. The van der Waals surface area contributed by atoms with Crippen LogP contribution in [0.1, 0.15) is 23.0 Å². The SMILES string of the molecule is COC(=O)C(C)CN(CCCn1ccnc1)C(=O)c1cccs1. The van der Waals surface area contributed by atoms with Crippen LogP contribution in [0.15, 0.2) is 36.2 Å². The number of hydrogen-bond donors (Lipinski definition) is 0. The van der Waals surface area contributed by atoms with E-state index in [0.717, 1.165) is 13.0 Å². The lowest BCUT2D eigenvalue weighted by atomic mass is 10.1. The summed E-state index contributed by atoms with van der Waals surface area (Å²) < 4.78 is 6.73. The smallest absolute Gasteiger partial charge is 0.310 e. The topological polar surface area (TPSA) is 64.4 Å². The summed E-state index contributed by atoms with van der Waals surface area (Å²) in [4.78, 5) is 30.7. The Morgan fingerprint density at radius 3 is 2.91 bits per heavy atom. The molecule has 1 amide bonds. The minimum absolute atomic E-state index is 0.0404. The molecular formula is C16H21N3O3S. The van der Waals surface area contributed by atoms with Crippen molar-refractivity contribution in [2.45, 2.75) is 19.9 Å². The Labute approximate surface area is 139 Å². The number of carbonyl (C=O) groups excluding carboxylic acids is 2. The second-order valence-electron chi connectivity index (χ2n) is 5.31. The molecule has 2 aromatic heterocycles. The monoisotopic (exact) mass is 335 g/mol. The Bertz CT molecular complexity index is 611. The van der Waals surface area contributed by atoms with Gasteiger partial charge in [0.25, 0.3) is 5.91 Å². The average Bonchev–Trinajstić information content (AvgIpc) is 3.25. The van der Waals surface area contributed by atoms with Crippen LogP contribution in [0.3, 0.4) is 0 Å². The number of ether oxygens (including phenoxy) is 1. The van der Waals surface area contributed by atoms with Gasteiger partial charge >= 0.3 is 5.97 Å². The van der Waals surface area contributed by atoms with Crippen LogP contribution in [0.2, 0.25) is 0 Å². The van der Waals surface area contributed by atoms with Crippen LogP contribution in [-0.4, -0.2) is 46.5 Å². The van der Waals surface area contributed by atoms with E-state index in [-0.39, 0.29) is 17.8 Å². The number of hydrogen-bond acceptors (Lipinski definition) is 5. The van der Waals surface area contributed by atoms with E-state index in [2.05, 4.69) is 4.98 Å². The van der Waals surface area contributed by atoms with Gasteiger partial charge in [-0.25, -0.2) is 4.98 Å². The highest BCUT2D eigenvalue weighted by Gasteiger charge is 2.22. The van der Waals surface area contributed by atoms with Gasteiger partial charge in [0.2, 0.25) is 0 Å². The highest BCUT2D eigenvalue weighted by Crippen LogP contribution is 2.14. The number of aromatic nitrogens is 2. The third kappa shape index (κ3) is 4.92. The average molecular weight is 335 g/mol. The van der Waals surface area contributed by atoms with Gasteiger partial charge in [-0.05, 0) is 17.9 Å². The van der Waals surface area contributed by atoms with E-state index >= 15 is 0 Å². The highest BCUT2D eigenvalue weighted by atomic mass is 32.1. The quantitative estimate of drug-likeness (QED) is 0.694. The minimum atomic E-state index is -0.350. The van der Waals surface area contributed by atoms with Gasteiger partial charge in [-0.1, -0.05) is 13.0 Å². The molecule has 7 heteroatoms. The summed E-state index contributed by atoms with van der Waals surface area (Å²) in [5.41, 5.74) is 0. The normalized spacial score (nSPS) is 11.9. The molecule has 0 N–H and O–H groups in total. The van der Waals surface area contributed by atoms with Crippen LogP contribution in [0, 0.1) is 5.92 Å². The number of nitrogens with zero attached hydrogens (tertiary/aromatic N) is 3. The molecule has 0 saturated heterocycles. The standard InChI is InChI=1S/C16H21N3O3S/c1-13(16(21)22-2)11-19(15(20)14-5-3-10-23-14)8-4-7-18-9-6-17-12-18/h3,5-6,9-10,12-13H,4,7-8,11H2,1-2H3. The van der Waals surface area contributed by atoms with Gasteiger partial charge in [0, 0.05) is 32.0 Å². The van der Waals surface area contributed by atoms with Crippen LogP contribution in [0.5, 0.6) is 0 Å².